The van der Waals surface area contributed by atoms with Crippen LogP contribution in [-0.4, -0.2) is 48.7 Å². The van der Waals surface area contributed by atoms with Crippen molar-refractivity contribution in [1.82, 2.24) is 4.90 Å². The van der Waals surface area contributed by atoms with E-state index in [1.807, 2.05) is 0 Å². The first-order valence-corrected chi connectivity index (χ1v) is 6.65. The highest BCUT2D eigenvalue weighted by molar-refractivity contribution is 7.12. The molecule has 0 aromatic carbocycles. The van der Waals surface area contributed by atoms with Gasteiger partial charge in [-0.05, 0) is 11.4 Å². The van der Waals surface area contributed by atoms with Crippen LogP contribution in [0.3, 0.4) is 0 Å². The molecule has 0 aliphatic carbocycles. The first-order valence-electron chi connectivity index (χ1n) is 5.77. The second-order valence-electron chi connectivity index (χ2n) is 4.20. The molecule has 0 bridgehead atoms. The summed E-state index contributed by atoms with van der Waals surface area (Å²) >= 11 is 1.15. The standard InChI is InChI=1S/C12H16N2O5S/c1-7(10(15)16)6-14(2)12(18)13-8-4-5-20-9(8)11(17)19-3/h4-5,7H,6H2,1-3H3,(H,13,18)(H,15,16). The molecule has 0 saturated heterocycles. The van der Waals surface area contributed by atoms with Gasteiger partial charge in [0.15, 0.2) is 0 Å². The number of rotatable bonds is 5. The predicted octanol–water partition coefficient (Wildman–Crippen LogP) is 1.72. The van der Waals surface area contributed by atoms with E-state index < -0.39 is 23.9 Å². The van der Waals surface area contributed by atoms with Gasteiger partial charge in [0.25, 0.3) is 0 Å². The minimum Gasteiger partial charge on any atom is -0.481 e. The van der Waals surface area contributed by atoms with Crippen LogP contribution in [0.25, 0.3) is 0 Å². The fourth-order valence-electron chi connectivity index (χ4n) is 1.44. The fraction of sp³-hybridized carbons (Fsp3) is 0.417. The van der Waals surface area contributed by atoms with E-state index in [2.05, 4.69) is 10.1 Å². The Hall–Kier alpha value is -2.09. The minimum atomic E-state index is -0.976. The number of anilines is 1. The van der Waals surface area contributed by atoms with Crippen LogP contribution >= 0.6 is 11.3 Å². The molecule has 2 amide bonds. The molecule has 110 valence electrons. The molecule has 2 N–H and O–H groups in total. The van der Waals surface area contributed by atoms with Gasteiger partial charge in [-0.1, -0.05) is 6.92 Å². The minimum absolute atomic E-state index is 0.0683. The summed E-state index contributed by atoms with van der Waals surface area (Å²) in [5.74, 6) is -2.18. The summed E-state index contributed by atoms with van der Waals surface area (Å²) in [6.07, 6.45) is 0. The zero-order valence-electron chi connectivity index (χ0n) is 11.4. The average molecular weight is 300 g/mol. The SMILES string of the molecule is COC(=O)c1sccc1NC(=O)N(C)CC(C)C(=O)O. The van der Waals surface area contributed by atoms with Gasteiger partial charge < -0.3 is 20.1 Å². The first-order chi connectivity index (χ1) is 9.36. The molecule has 0 fully saturated rings. The largest absolute Gasteiger partial charge is 0.481 e. The van der Waals surface area contributed by atoms with Gasteiger partial charge in [0.1, 0.15) is 4.88 Å². The Kier molecular flexibility index (Phi) is 5.51. The first kappa shape index (κ1) is 16.0. The third kappa shape index (κ3) is 3.95. The number of esters is 1. The number of urea groups is 1. The number of methoxy groups -OCH3 is 1. The molecule has 7 nitrogen and oxygen atoms in total. The maximum Gasteiger partial charge on any atom is 0.350 e. The third-order valence-corrected chi connectivity index (χ3v) is 3.49. The van der Waals surface area contributed by atoms with Crippen LogP contribution in [0, 0.1) is 5.92 Å². The average Bonchev–Trinajstić information content (AvgIpc) is 2.85. The molecule has 1 aromatic rings. The smallest absolute Gasteiger partial charge is 0.350 e. The Labute approximate surface area is 120 Å². The highest BCUT2D eigenvalue weighted by Crippen LogP contribution is 2.23. The Morgan fingerprint density at radius 3 is 2.70 bits per heavy atom. The van der Waals surface area contributed by atoms with Crippen molar-refractivity contribution in [3.63, 3.8) is 0 Å². The molecule has 0 aliphatic rings. The molecule has 1 aromatic heterocycles. The number of hydrogen-bond acceptors (Lipinski definition) is 5. The summed E-state index contributed by atoms with van der Waals surface area (Å²) in [6, 6.07) is 1.10. The van der Waals surface area contributed by atoms with Gasteiger partial charge in [0.2, 0.25) is 0 Å². The van der Waals surface area contributed by atoms with Crippen molar-refractivity contribution in [3.8, 4) is 0 Å². The maximum atomic E-state index is 11.9. The lowest BCUT2D eigenvalue weighted by atomic mass is 10.2. The normalized spacial score (nSPS) is 11.6. The Bertz CT molecular complexity index is 514. The van der Waals surface area contributed by atoms with Crippen molar-refractivity contribution in [3.05, 3.63) is 16.3 Å². The number of thiophene rings is 1. The second kappa shape index (κ2) is 6.90. The van der Waals surface area contributed by atoms with Crippen molar-refractivity contribution >= 4 is 35.0 Å². The van der Waals surface area contributed by atoms with Crippen LogP contribution < -0.4 is 5.32 Å². The number of amides is 2. The molecular formula is C12H16N2O5S. The molecule has 1 heterocycles. The quantitative estimate of drug-likeness (QED) is 0.807. The van der Waals surface area contributed by atoms with Gasteiger partial charge in [-0.25, -0.2) is 9.59 Å². The van der Waals surface area contributed by atoms with E-state index >= 15 is 0 Å². The summed E-state index contributed by atoms with van der Waals surface area (Å²) in [6.45, 7) is 1.58. The molecule has 8 heteroatoms. The van der Waals surface area contributed by atoms with Crippen LogP contribution in [-0.2, 0) is 9.53 Å². The number of carboxylic acid groups (broad SMARTS) is 1. The van der Waals surface area contributed by atoms with Crippen LogP contribution in [0.2, 0.25) is 0 Å². The Balaban J connectivity index is 2.69. The second-order valence-corrected chi connectivity index (χ2v) is 5.12. The van der Waals surface area contributed by atoms with E-state index in [-0.39, 0.29) is 6.54 Å². The van der Waals surface area contributed by atoms with Crippen molar-refractivity contribution in [2.45, 2.75) is 6.92 Å². The summed E-state index contributed by atoms with van der Waals surface area (Å²) in [5, 5.41) is 13.0. The number of nitrogens with one attached hydrogen (secondary N) is 1. The molecular weight excluding hydrogens is 284 g/mol. The van der Waals surface area contributed by atoms with E-state index in [4.69, 9.17) is 5.11 Å². The number of carboxylic acids is 1. The van der Waals surface area contributed by atoms with Crippen LogP contribution in [0.1, 0.15) is 16.6 Å². The summed E-state index contributed by atoms with van der Waals surface area (Å²) in [7, 11) is 2.74. The molecule has 0 aliphatic heterocycles. The van der Waals surface area contributed by atoms with Crippen LogP contribution in [0.15, 0.2) is 11.4 Å². The molecule has 0 saturated carbocycles. The van der Waals surface area contributed by atoms with Gasteiger partial charge in [-0.2, -0.15) is 0 Å². The maximum absolute atomic E-state index is 11.9. The van der Waals surface area contributed by atoms with Gasteiger partial charge in [0.05, 0.1) is 18.7 Å². The number of carbonyl (C=O) groups is 3. The van der Waals surface area contributed by atoms with Crippen molar-refractivity contribution in [2.75, 3.05) is 26.0 Å². The number of ether oxygens (including phenoxy) is 1. The molecule has 1 rings (SSSR count). The van der Waals surface area contributed by atoms with Gasteiger partial charge in [-0.3, -0.25) is 4.79 Å². The Morgan fingerprint density at radius 1 is 1.50 bits per heavy atom. The monoisotopic (exact) mass is 300 g/mol. The molecule has 0 radical (unpaired) electrons. The van der Waals surface area contributed by atoms with E-state index in [0.29, 0.717) is 10.6 Å². The zero-order chi connectivity index (χ0) is 15.3. The zero-order valence-corrected chi connectivity index (χ0v) is 12.2. The van der Waals surface area contributed by atoms with Crippen molar-refractivity contribution in [2.24, 2.45) is 5.92 Å². The van der Waals surface area contributed by atoms with Crippen LogP contribution in [0.4, 0.5) is 10.5 Å². The molecule has 1 unspecified atom stereocenters. The fourth-order valence-corrected chi connectivity index (χ4v) is 2.21. The number of hydrogen-bond donors (Lipinski definition) is 2. The predicted molar refractivity (Wildman–Crippen MR) is 74.1 cm³/mol. The Morgan fingerprint density at radius 2 is 2.15 bits per heavy atom. The lowest BCUT2D eigenvalue weighted by molar-refractivity contribution is -0.141. The molecule has 1 atom stereocenters. The summed E-state index contributed by atoms with van der Waals surface area (Å²) in [5.41, 5.74) is 0.349. The number of nitrogens with zero attached hydrogens (tertiary/aromatic N) is 1. The van der Waals surface area contributed by atoms with Gasteiger partial charge >= 0.3 is 18.0 Å². The molecule has 20 heavy (non-hydrogen) atoms. The lowest BCUT2D eigenvalue weighted by Crippen LogP contribution is -2.36. The van der Waals surface area contributed by atoms with Crippen molar-refractivity contribution in [1.29, 1.82) is 0 Å². The van der Waals surface area contributed by atoms with E-state index in [0.717, 1.165) is 11.3 Å². The summed E-state index contributed by atoms with van der Waals surface area (Å²) < 4.78 is 4.60. The van der Waals surface area contributed by atoms with Crippen molar-refractivity contribution < 1.29 is 24.2 Å². The van der Waals surface area contributed by atoms with Gasteiger partial charge in [-0.15, -0.1) is 11.3 Å². The highest BCUT2D eigenvalue weighted by atomic mass is 32.1. The van der Waals surface area contributed by atoms with E-state index in [1.54, 1.807) is 11.4 Å². The highest BCUT2D eigenvalue weighted by Gasteiger charge is 2.20. The lowest BCUT2D eigenvalue weighted by Gasteiger charge is -2.19. The topological polar surface area (TPSA) is 95.9 Å². The van der Waals surface area contributed by atoms with E-state index in [1.165, 1.54) is 26.0 Å². The third-order valence-electron chi connectivity index (χ3n) is 2.59. The number of carbonyl (C=O) groups excluding carboxylic acids is 2. The van der Waals surface area contributed by atoms with Crippen LogP contribution in [0.5, 0.6) is 0 Å². The molecule has 0 spiro atoms. The van der Waals surface area contributed by atoms with E-state index in [9.17, 15) is 14.4 Å². The summed E-state index contributed by atoms with van der Waals surface area (Å²) in [4.78, 5) is 35.6. The van der Waals surface area contributed by atoms with Gasteiger partial charge in [0, 0.05) is 13.6 Å². The number of aliphatic carboxylic acids is 1.